The first-order valence-corrected chi connectivity index (χ1v) is 5.96. The van der Waals surface area contributed by atoms with Gasteiger partial charge in [-0.15, -0.1) is 0 Å². The van der Waals surface area contributed by atoms with Gasteiger partial charge in [-0.2, -0.15) is 0 Å². The first kappa shape index (κ1) is 14.7. The van der Waals surface area contributed by atoms with Crippen molar-refractivity contribution in [1.82, 2.24) is 4.90 Å². The Morgan fingerprint density at radius 1 is 1.25 bits per heavy atom. The van der Waals surface area contributed by atoms with E-state index >= 15 is 0 Å². The van der Waals surface area contributed by atoms with Gasteiger partial charge in [-0.1, -0.05) is 38.7 Å². The van der Waals surface area contributed by atoms with Crippen LogP contribution in [0.2, 0.25) is 0 Å². The molecule has 1 rings (SSSR count). The minimum atomic E-state index is 0.385. The van der Waals surface area contributed by atoms with Crippen LogP contribution in [-0.4, -0.2) is 23.8 Å². The largest absolute Gasteiger partial charge is 0.374 e. The molecule has 0 aromatic rings. The zero-order valence-electron chi connectivity index (χ0n) is 10.7. The Labute approximate surface area is 99.3 Å². The Balaban J connectivity index is 0.00000106. The summed E-state index contributed by atoms with van der Waals surface area (Å²) in [5.74, 6) is 0.385. The van der Waals surface area contributed by atoms with E-state index in [-0.39, 0.29) is 0 Å². The monoisotopic (exact) mass is 221 g/mol. The fraction of sp³-hybridized carbons (Fsp3) is 0.500. The van der Waals surface area contributed by atoms with E-state index in [4.69, 9.17) is 0 Å². The third kappa shape index (κ3) is 5.54. The van der Waals surface area contributed by atoms with Gasteiger partial charge in [-0.05, 0) is 13.0 Å². The number of hydrogen-bond acceptors (Lipinski definition) is 2. The van der Waals surface area contributed by atoms with Crippen molar-refractivity contribution >= 4 is 5.78 Å². The molecule has 0 bridgehead atoms. The summed E-state index contributed by atoms with van der Waals surface area (Å²) in [4.78, 5) is 13.3. The number of hydrogen-bond donors (Lipinski definition) is 0. The van der Waals surface area contributed by atoms with Gasteiger partial charge in [-0.25, -0.2) is 0 Å². The standard InChI is InChI=1S/C12H17NO.C2H6/c1-3-4-5-6-11(2)13-9-7-12(14)8-10-13;1-2/h3-6H,1,7-10H2,2H3;1-2H3/b5-4-,11-6+;. The third-order valence-electron chi connectivity index (χ3n) is 2.40. The van der Waals surface area contributed by atoms with Crippen LogP contribution in [0.1, 0.15) is 33.6 Å². The summed E-state index contributed by atoms with van der Waals surface area (Å²) in [6.45, 7) is 11.4. The second kappa shape index (κ2) is 8.96. The van der Waals surface area contributed by atoms with Crippen molar-refractivity contribution in [3.63, 3.8) is 0 Å². The van der Waals surface area contributed by atoms with Crippen molar-refractivity contribution in [2.45, 2.75) is 33.6 Å². The summed E-state index contributed by atoms with van der Waals surface area (Å²) in [6, 6.07) is 0. The van der Waals surface area contributed by atoms with Crippen molar-refractivity contribution < 1.29 is 4.79 Å². The second-order valence-corrected chi connectivity index (χ2v) is 3.45. The van der Waals surface area contributed by atoms with Crippen molar-refractivity contribution in [2.75, 3.05) is 13.1 Å². The van der Waals surface area contributed by atoms with Crippen molar-refractivity contribution in [3.8, 4) is 0 Å². The molecule has 0 unspecified atom stereocenters. The highest BCUT2D eigenvalue weighted by Gasteiger charge is 2.15. The lowest BCUT2D eigenvalue weighted by Crippen LogP contribution is -2.32. The van der Waals surface area contributed by atoms with E-state index in [9.17, 15) is 4.79 Å². The van der Waals surface area contributed by atoms with Crippen LogP contribution in [0.25, 0.3) is 0 Å². The maximum Gasteiger partial charge on any atom is 0.136 e. The highest BCUT2D eigenvalue weighted by Crippen LogP contribution is 2.11. The molecular formula is C14H23NO. The molecule has 0 spiro atoms. The second-order valence-electron chi connectivity index (χ2n) is 3.45. The van der Waals surface area contributed by atoms with Crippen LogP contribution in [0.15, 0.2) is 36.6 Å². The van der Waals surface area contributed by atoms with Gasteiger partial charge in [0, 0.05) is 31.6 Å². The Hall–Kier alpha value is -1.31. The molecule has 0 aromatic heterocycles. The van der Waals surface area contributed by atoms with Gasteiger partial charge < -0.3 is 4.90 Å². The van der Waals surface area contributed by atoms with E-state index in [2.05, 4.69) is 24.5 Å². The van der Waals surface area contributed by atoms with E-state index in [1.807, 2.05) is 26.0 Å². The molecule has 1 aliphatic rings. The van der Waals surface area contributed by atoms with Gasteiger partial charge in [0.25, 0.3) is 0 Å². The molecule has 1 fully saturated rings. The molecule has 0 N–H and O–H groups in total. The van der Waals surface area contributed by atoms with Crippen LogP contribution in [0.3, 0.4) is 0 Å². The Morgan fingerprint density at radius 3 is 2.31 bits per heavy atom. The molecule has 90 valence electrons. The number of piperidine rings is 1. The van der Waals surface area contributed by atoms with Crippen molar-refractivity contribution in [3.05, 3.63) is 36.6 Å². The molecule has 2 heteroatoms. The fourth-order valence-corrected chi connectivity index (χ4v) is 1.49. The van der Waals surface area contributed by atoms with Gasteiger partial charge >= 0.3 is 0 Å². The van der Waals surface area contributed by atoms with Crippen molar-refractivity contribution in [2.24, 2.45) is 0 Å². The predicted octanol–water partition coefficient (Wildman–Crippen LogP) is 3.32. The van der Waals surface area contributed by atoms with E-state index < -0.39 is 0 Å². The SMILES string of the molecule is C=C/C=C\C=C(/C)N1CCC(=O)CC1.CC. The summed E-state index contributed by atoms with van der Waals surface area (Å²) in [5.41, 5.74) is 1.22. The smallest absolute Gasteiger partial charge is 0.136 e. The molecule has 1 saturated heterocycles. The van der Waals surface area contributed by atoms with Crippen molar-refractivity contribution in [1.29, 1.82) is 0 Å². The maximum absolute atomic E-state index is 11.0. The molecule has 0 saturated carbocycles. The van der Waals surface area contributed by atoms with E-state index in [0.29, 0.717) is 18.6 Å². The minimum absolute atomic E-state index is 0.385. The molecule has 1 aliphatic heterocycles. The molecular weight excluding hydrogens is 198 g/mol. The summed E-state index contributed by atoms with van der Waals surface area (Å²) < 4.78 is 0. The zero-order chi connectivity index (χ0) is 12.4. The van der Waals surface area contributed by atoms with Crippen LogP contribution in [0.4, 0.5) is 0 Å². The number of carbonyl (C=O) groups is 1. The van der Waals surface area contributed by atoms with Gasteiger partial charge in [-0.3, -0.25) is 4.79 Å². The molecule has 2 nitrogen and oxygen atoms in total. The minimum Gasteiger partial charge on any atom is -0.374 e. The van der Waals surface area contributed by atoms with E-state index in [1.165, 1.54) is 5.70 Å². The number of nitrogens with zero attached hydrogens (tertiary/aromatic N) is 1. The fourth-order valence-electron chi connectivity index (χ4n) is 1.49. The van der Waals surface area contributed by atoms with E-state index in [0.717, 1.165) is 13.1 Å². The quantitative estimate of drug-likeness (QED) is 0.681. The highest BCUT2D eigenvalue weighted by molar-refractivity contribution is 5.79. The highest BCUT2D eigenvalue weighted by atomic mass is 16.1. The first-order valence-electron chi connectivity index (χ1n) is 5.96. The topological polar surface area (TPSA) is 20.3 Å². The van der Waals surface area contributed by atoms with Gasteiger partial charge in [0.05, 0.1) is 0 Å². The Kier molecular flexibility index (Phi) is 8.22. The summed E-state index contributed by atoms with van der Waals surface area (Å²) in [6.07, 6.45) is 9.06. The molecule has 0 aliphatic carbocycles. The number of rotatable bonds is 3. The van der Waals surface area contributed by atoms with Crippen LogP contribution in [-0.2, 0) is 4.79 Å². The van der Waals surface area contributed by atoms with Gasteiger partial charge in [0.2, 0.25) is 0 Å². The summed E-state index contributed by atoms with van der Waals surface area (Å²) >= 11 is 0. The average Bonchev–Trinajstić information content (AvgIpc) is 2.33. The van der Waals surface area contributed by atoms with E-state index in [1.54, 1.807) is 6.08 Å². The number of allylic oxidation sites excluding steroid dienone is 5. The molecule has 16 heavy (non-hydrogen) atoms. The Morgan fingerprint density at radius 2 is 1.81 bits per heavy atom. The number of carbonyl (C=O) groups excluding carboxylic acids is 1. The number of likely N-dealkylation sites (tertiary alicyclic amines) is 1. The van der Waals surface area contributed by atoms with Crippen LogP contribution < -0.4 is 0 Å². The number of Topliss-reactive ketones (excluding diaryl/α,β-unsaturated/α-hetero) is 1. The molecule has 1 heterocycles. The lowest BCUT2D eigenvalue weighted by Gasteiger charge is -2.28. The summed E-state index contributed by atoms with van der Waals surface area (Å²) in [7, 11) is 0. The third-order valence-corrected chi connectivity index (χ3v) is 2.40. The zero-order valence-corrected chi connectivity index (χ0v) is 10.7. The lowest BCUT2D eigenvalue weighted by atomic mass is 10.1. The molecule has 0 atom stereocenters. The van der Waals surface area contributed by atoms with Crippen LogP contribution in [0, 0.1) is 0 Å². The normalized spacial score (nSPS) is 17.1. The molecule has 0 amide bonds. The number of ketones is 1. The average molecular weight is 221 g/mol. The van der Waals surface area contributed by atoms with Gasteiger partial charge in [0.1, 0.15) is 5.78 Å². The predicted molar refractivity (Wildman–Crippen MR) is 70.3 cm³/mol. The lowest BCUT2D eigenvalue weighted by molar-refractivity contribution is -0.121. The summed E-state index contributed by atoms with van der Waals surface area (Å²) in [5, 5.41) is 0. The maximum atomic E-state index is 11.0. The molecule has 0 aromatic carbocycles. The van der Waals surface area contributed by atoms with Crippen LogP contribution >= 0.6 is 0 Å². The first-order chi connectivity index (χ1) is 7.74. The van der Waals surface area contributed by atoms with Gasteiger partial charge in [0.15, 0.2) is 0 Å². The van der Waals surface area contributed by atoms with Crippen LogP contribution in [0.5, 0.6) is 0 Å². The Bertz CT molecular complexity index is 266. The molecule has 0 radical (unpaired) electrons.